The van der Waals surface area contributed by atoms with Crippen molar-refractivity contribution in [2.24, 2.45) is 0 Å². The summed E-state index contributed by atoms with van der Waals surface area (Å²) in [4.78, 5) is 11.2. The second kappa shape index (κ2) is 7.94. The number of hydrogen-bond acceptors (Lipinski definition) is 5. The third-order valence-electron chi connectivity index (χ3n) is 3.95. The number of hydrogen-bond donors (Lipinski definition) is 1. The molecule has 2 aromatic rings. The molecule has 22 heavy (non-hydrogen) atoms. The van der Waals surface area contributed by atoms with Gasteiger partial charge in [-0.15, -0.1) is 0 Å². The van der Waals surface area contributed by atoms with Gasteiger partial charge in [-0.2, -0.15) is 0 Å². The van der Waals surface area contributed by atoms with Crippen molar-refractivity contribution in [1.82, 2.24) is 14.9 Å². The quantitative estimate of drug-likeness (QED) is 0.809. The molecule has 2 aromatic heterocycles. The van der Waals surface area contributed by atoms with Crippen LogP contribution in [0.15, 0.2) is 29.0 Å². The van der Waals surface area contributed by atoms with Gasteiger partial charge in [-0.3, -0.25) is 4.90 Å². The van der Waals surface area contributed by atoms with Crippen molar-refractivity contribution >= 4 is 5.82 Å². The molecule has 0 saturated carbocycles. The molecule has 0 aliphatic heterocycles. The normalized spacial score (nSPS) is 12.6. The van der Waals surface area contributed by atoms with E-state index in [9.17, 15) is 0 Å². The molecule has 5 heteroatoms. The van der Waals surface area contributed by atoms with Gasteiger partial charge in [0.05, 0.1) is 12.3 Å². The van der Waals surface area contributed by atoms with Crippen LogP contribution in [-0.4, -0.2) is 34.5 Å². The largest absolute Gasteiger partial charge is 0.468 e. The molecular formula is C17H26N4O. The maximum absolute atomic E-state index is 5.63. The van der Waals surface area contributed by atoms with Crippen LogP contribution in [0, 0.1) is 6.92 Å². The van der Waals surface area contributed by atoms with Crippen LogP contribution in [0.4, 0.5) is 5.82 Å². The van der Waals surface area contributed by atoms with Gasteiger partial charge in [0.2, 0.25) is 0 Å². The number of furan rings is 1. The van der Waals surface area contributed by atoms with E-state index < -0.39 is 0 Å². The van der Waals surface area contributed by atoms with Gasteiger partial charge in [0.15, 0.2) is 0 Å². The Bertz CT molecular complexity index is 564. The number of aromatic nitrogens is 2. The summed E-state index contributed by atoms with van der Waals surface area (Å²) in [7, 11) is 0. The third-order valence-corrected chi connectivity index (χ3v) is 3.95. The summed E-state index contributed by atoms with van der Waals surface area (Å²) in [6.45, 7) is 11.1. The predicted octanol–water partition coefficient (Wildman–Crippen LogP) is 3.44. The van der Waals surface area contributed by atoms with E-state index in [2.05, 4.69) is 41.0 Å². The van der Waals surface area contributed by atoms with Gasteiger partial charge in [-0.05, 0) is 38.6 Å². The molecular weight excluding hydrogens is 276 g/mol. The van der Waals surface area contributed by atoms with Gasteiger partial charge in [0.1, 0.15) is 17.4 Å². The zero-order valence-corrected chi connectivity index (χ0v) is 14.0. The summed E-state index contributed by atoms with van der Waals surface area (Å²) in [5.74, 6) is 2.70. The Labute approximate surface area is 132 Å². The first-order chi connectivity index (χ1) is 10.7. The van der Waals surface area contributed by atoms with Gasteiger partial charge < -0.3 is 9.73 Å². The minimum atomic E-state index is 0.199. The van der Waals surface area contributed by atoms with E-state index in [1.807, 2.05) is 25.3 Å². The molecule has 0 saturated heterocycles. The van der Waals surface area contributed by atoms with E-state index in [0.717, 1.165) is 49.0 Å². The lowest BCUT2D eigenvalue weighted by atomic mass is 10.1. The molecule has 5 nitrogen and oxygen atoms in total. The molecule has 0 bridgehead atoms. The van der Waals surface area contributed by atoms with Crippen molar-refractivity contribution in [3.63, 3.8) is 0 Å². The molecule has 0 radical (unpaired) electrons. The van der Waals surface area contributed by atoms with E-state index in [0.29, 0.717) is 0 Å². The van der Waals surface area contributed by atoms with Crippen molar-refractivity contribution in [3.8, 4) is 0 Å². The standard InChI is InChI=1S/C17H26N4O/c1-5-14-11-18-13(4)20-17(14)19-12-15(21(6-2)7-3)16-9-8-10-22-16/h8-11,15H,5-7,12H2,1-4H3,(H,18,19,20). The van der Waals surface area contributed by atoms with Crippen LogP contribution in [0.2, 0.25) is 0 Å². The highest BCUT2D eigenvalue weighted by Gasteiger charge is 2.21. The summed E-state index contributed by atoms with van der Waals surface area (Å²) in [6, 6.07) is 4.18. The number of rotatable bonds is 8. The highest BCUT2D eigenvalue weighted by Crippen LogP contribution is 2.22. The Morgan fingerprint density at radius 2 is 2.05 bits per heavy atom. The molecule has 2 rings (SSSR count). The van der Waals surface area contributed by atoms with Gasteiger partial charge in [-0.1, -0.05) is 20.8 Å². The van der Waals surface area contributed by atoms with Gasteiger partial charge in [0, 0.05) is 18.3 Å². The van der Waals surface area contributed by atoms with Crippen molar-refractivity contribution in [3.05, 3.63) is 41.7 Å². The number of nitrogens with zero attached hydrogens (tertiary/aromatic N) is 3. The van der Waals surface area contributed by atoms with E-state index >= 15 is 0 Å². The zero-order chi connectivity index (χ0) is 15.9. The Morgan fingerprint density at radius 1 is 1.27 bits per heavy atom. The molecule has 0 aliphatic carbocycles. The molecule has 0 spiro atoms. The summed E-state index contributed by atoms with van der Waals surface area (Å²) >= 11 is 0. The summed E-state index contributed by atoms with van der Waals surface area (Å²) in [5.41, 5.74) is 1.14. The number of likely N-dealkylation sites (N-methyl/N-ethyl adjacent to an activating group) is 1. The second-order valence-electron chi connectivity index (χ2n) is 5.28. The molecule has 1 N–H and O–H groups in total. The fourth-order valence-corrected chi connectivity index (χ4v) is 2.65. The lowest BCUT2D eigenvalue weighted by Gasteiger charge is -2.28. The van der Waals surface area contributed by atoms with Crippen molar-refractivity contribution in [2.45, 2.75) is 40.2 Å². The maximum Gasteiger partial charge on any atom is 0.132 e. The number of aryl methyl sites for hydroxylation is 2. The van der Waals surface area contributed by atoms with Crippen LogP contribution in [0.1, 0.15) is 44.0 Å². The van der Waals surface area contributed by atoms with Crippen LogP contribution in [0.5, 0.6) is 0 Å². The van der Waals surface area contributed by atoms with E-state index in [-0.39, 0.29) is 6.04 Å². The van der Waals surface area contributed by atoms with Crippen LogP contribution in [0.3, 0.4) is 0 Å². The minimum absolute atomic E-state index is 0.199. The average molecular weight is 302 g/mol. The first kappa shape index (κ1) is 16.5. The Balaban J connectivity index is 2.16. The molecule has 1 unspecified atom stereocenters. The first-order valence-electron chi connectivity index (χ1n) is 8.03. The van der Waals surface area contributed by atoms with Crippen molar-refractivity contribution in [2.75, 3.05) is 25.0 Å². The number of nitrogens with one attached hydrogen (secondary N) is 1. The van der Waals surface area contributed by atoms with Gasteiger partial charge >= 0.3 is 0 Å². The summed E-state index contributed by atoms with van der Waals surface area (Å²) < 4.78 is 5.63. The fraction of sp³-hybridized carbons (Fsp3) is 0.529. The molecule has 1 atom stereocenters. The van der Waals surface area contributed by atoms with Crippen LogP contribution in [0.25, 0.3) is 0 Å². The maximum atomic E-state index is 5.63. The summed E-state index contributed by atoms with van der Waals surface area (Å²) in [6.07, 6.45) is 4.56. The average Bonchev–Trinajstić information content (AvgIpc) is 3.05. The Morgan fingerprint density at radius 3 is 2.64 bits per heavy atom. The molecule has 0 fully saturated rings. The van der Waals surface area contributed by atoms with E-state index in [1.54, 1.807) is 6.26 Å². The van der Waals surface area contributed by atoms with Gasteiger partial charge in [0.25, 0.3) is 0 Å². The van der Waals surface area contributed by atoms with Crippen molar-refractivity contribution < 1.29 is 4.42 Å². The van der Waals surface area contributed by atoms with E-state index in [4.69, 9.17) is 4.42 Å². The van der Waals surface area contributed by atoms with Crippen molar-refractivity contribution in [1.29, 1.82) is 0 Å². The van der Waals surface area contributed by atoms with Crippen LogP contribution >= 0.6 is 0 Å². The zero-order valence-electron chi connectivity index (χ0n) is 14.0. The number of anilines is 1. The second-order valence-corrected chi connectivity index (χ2v) is 5.28. The summed E-state index contributed by atoms with van der Waals surface area (Å²) in [5, 5.41) is 3.49. The monoisotopic (exact) mass is 302 g/mol. The SMILES string of the molecule is CCc1cnc(C)nc1NCC(c1ccco1)N(CC)CC. The molecule has 2 heterocycles. The third kappa shape index (κ3) is 3.85. The Kier molecular flexibility index (Phi) is 5.95. The predicted molar refractivity (Wildman–Crippen MR) is 89.0 cm³/mol. The Hall–Kier alpha value is -1.88. The molecule has 120 valence electrons. The van der Waals surface area contributed by atoms with Gasteiger partial charge in [-0.25, -0.2) is 9.97 Å². The van der Waals surface area contributed by atoms with Crippen LogP contribution < -0.4 is 5.32 Å². The van der Waals surface area contributed by atoms with E-state index in [1.165, 1.54) is 0 Å². The molecule has 0 aromatic carbocycles. The molecule has 0 aliphatic rings. The highest BCUT2D eigenvalue weighted by molar-refractivity contribution is 5.43. The molecule has 0 amide bonds. The first-order valence-corrected chi connectivity index (χ1v) is 8.03. The highest BCUT2D eigenvalue weighted by atomic mass is 16.3. The topological polar surface area (TPSA) is 54.2 Å². The van der Waals surface area contributed by atoms with Crippen LogP contribution in [-0.2, 0) is 6.42 Å². The smallest absolute Gasteiger partial charge is 0.132 e. The minimum Gasteiger partial charge on any atom is -0.468 e. The fourth-order valence-electron chi connectivity index (χ4n) is 2.65. The lowest BCUT2D eigenvalue weighted by molar-refractivity contribution is 0.201. The lowest BCUT2D eigenvalue weighted by Crippen LogP contribution is -2.33.